The molecule has 0 bridgehead atoms. The van der Waals surface area contributed by atoms with Crippen molar-refractivity contribution in [1.29, 1.82) is 0 Å². The highest BCUT2D eigenvalue weighted by molar-refractivity contribution is 9.10. The number of nitrogens with zero attached hydrogens (tertiary/aromatic N) is 1. The third-order valence-electron chi connectivity index (χ3n) is 3.31. The predicted molar refractivity (Wildman–Crippen MR) is 81.8 cm³/mol. The van der Waals surface area contributed by atoms with Crippen LogP contribution in [0.1, 0.15) is 45.6 Å². The van der Waals surface area contributed by atoms with Crippen LogP contribution in [0.2, 0.25) is 0 Å². The Hall–Kier alpha value is -0.410. The Morgan fingerprint density at radius 3 is 2.72 bits per heavy atom. The second kappa shape index (κ2) is 8.65. The van der Waals surface area contributed by atoms with Crippen molar-refractivity contribution in [3.63, 3.8) is 0 Å². The van der Waals surface area contributed by atoms with Crippen molar-refractivity contribution >= 4 is 15.9 Å². The molecular formula is C15H25BrN2. The van der Waals surface area contributed by atoms with Crippen LogP contribution in [0.3, 0.4) is 0 Å². The van der Waals surface area contributed by atoms with Crippen molar-refractivity contribution in [2.45, 2.75) is 52.5 Å². The van der Waals surface area contributed by atoms with E-state index in [0.717, 1.165) is 23.4 Å². The van der Waals surface area contributed by atoms with Gasteiger partial charge >= 0.3 is 0 Å². The summed E-state index contributed by atoms with van der Waals surface area (Å²) < 4.78 is 1.07. The summed E-state index contributed by atoms with van der Waals surface area (Å²) in [6, 6.07) is 2.74. The SMILES string of the molecule is CCCNC(Cc1cncc(Br)c1)CC(C)CC. The first-order valence-corrected chi connectivity index (χ1v) is 7.77. The lowest BCUT2D eigenvalue weighted by atomic mass is 9.95. The molecule has 2 atom stereocenters. The van der Waals surface area contributed by atoms with Gasteiger partial charge < -0.3 is 5.32 Å². The van der Waals surface area contributed by atoms with Crippen LogP contribution >= 0.6 is 15.9 Å². The molecule has 1 heterocycles. The second-order valence-electron chi connectivity index (χ2n) is 5.12. The first-order valence-electron chi connectivity index (χ1n) is 6.98. The minimum Gasteiger partial charge on any atom is -0.314 e. The number of hydrogen-bond donors (Lipinski definition) is 1. The van der Waals surface area contributed by atoms with Gasteiger partial charge in [-0.3, -0.25) is 4.98 Å². The van der Waals surface area contributed by atoms with Gasteiger partial charge in [-0.15, -0.1) is 0 Å². The number of rotatable bonds is 8. The number of halogens is 1. The number of pyridine rings is 1. The molecule has 1 aromatic rings. The maximum Gasteiger partial charge on any atom is 0.0410 e. The molecule has 1 aromatic heterocycles. The zero-order valence-corrected chi connectivity index (χ0v) is 13.3. The van der Waals surface area contributed by atoms with E-state index in [-0.39, 0.29) is 0 Å². The first kappa shape index (κ1) is 15.6. The summed E-state index contributed by atoms with van der Waals surface area (Å²) in [7, 11) is 0. The van der Waals surface area contributed by atoms with Gasteiger partial charge in [-0.2, -0.15) is 0 Å². The Kier molecular flexibility index (Phi) is 7.52. The maximum absolute atomic E-state index is 4.24. The lowest BCUT2D eigenvalue weighted by Gasteiger charge is -2.21. The van der Waals surface area contributed by atoms with Crippen molar-refractivity contribution in [1.82, 2.24) is 10.3 Å². The highest BCUT2D eigenvalue weighted by atomic mass is 79.9. The maximum atomic E-state index is 4.24. The van der Waals surface area contributed by atoms with Crippen LogP contribution in [0, 0.1) is 5.92 Å². The molecule has 18 heavy (non-hydrogen) atoms. The van der Waals surface area contributed by atoms with Crippen LogP contribution < -0.4 is 5.32 Å². The fourth-order valence-electron chi connectivity index (χ4n) is 2.09. The monoisotopic (exact) mass is 312 g/mol. The van der Waals surface area contributed by atoms with Crippen molar-refractivity contribution in [3.05, 3.63) is 28.5 Å². The van der Waals surface area contributed by atoms with Crippen molar-refractivity contribution in [2.75, 3.05) is 6.54 Å². The molecule has 2 unspecified atom stereocenters. The predicted octanol–water partition coefficient (Wildman–Crippen LogP) is 4.19. The largest absolute Gasteiger partial charge is 0.314 e. The molecule has 0 aliphatic rings. The molecule has 0 aliphatic carbocycles. The second-order valence-corrected chi connectivity index (χ2v) is 6.03. The molecule has 0 saturated heterocycles. The van der Waals surface area contributed by atoms with Crippen molar-refractivity contribution in [2.24, 2.45) is 5.92 Å². The number of hydrogen-bond acceptors (Lipinski definition) is 2. The van der Waals surface area contributed by atoms with Gasteiger partial charge in [-0.25, -0.2) is 0 Å². The Morgan fingerprint density at radius 1 is 1.33 bits per heavy atom. The average molecular weight is 313 g/mol. The minimum absolute atomic E-state index is 0.566. The molecule has 102 valence electrons. The van der Waals surface area contributed by atoms with Gasteiger partial charge in [0.1, 0.15) is 0 Å². The van der Waals surface area contributed by atoms with Gasteiger partial charge in [-0.1, -0.05) is 27.2 Å². The van der Waals surface area contributed by atoms with E-state index >= 15 is 0 Å². The lowest BCUT2D eigenvalue weighted by molar-refractivity contribution is 0.391. The Morgan fingerprint density at radius 2 is 2.11 bits per heavy atom. The van der Waals surface area contributed by atoms with Crippen LogP contribution in [0.25, 0.3) is 0 Å². The van der Waals surface area contributed by atoms with E-state index in [4.69, 9.17) is 0 Å². The molecule has 0 saturated carbocycles. The summed E-state index contributed by atoms with van der Waals surface area (Å²) in [5.41, 5.74) is 1.31. The fraction of sp³-hybridized carbons (Fsp3) is 0.667. The highest BCUT2D eigenvalue weighted by Gasteiger charge is 2.12. The van der Waals surface area contributed by atoms with E-state index in [0.29, 0.717) is 6.04 Å². The smallest absolute Gasteiger partial charge is 0.0410 e. The van der Waals surface area contributed by atoms with Crippen LogP contribution in [0.5, 0.6) is 0 Å². The van der Waals surface area contributed by atoms with E-state index in [2.05, 4.69) is 53.1 Å². The summed E-state index contributed by atoms with van der Waals surface area (Å²) in [5, 5.41) is 3.66. The van der Waals surface area contributed by atoms with E-state index in [1.165, 1.54) is 24.8 Å². The molecule has 0 aromatic carbocycles. The van der Waals surface area contributed by atoms with Crippen LogP contribution in [0.15, 0.2) is 22.9 Å². The standard InChI is InChI=1S/C15H25BrN2/c1-4-6-18-15(7-12(3)5-2)9-13-8-14(16)11-17-10-13/h8,10-12,15,18H,4-7,9H2,1-3H3. The van der Waals surface area contributed by atoms with Gasteiger partial charge in [0.05, 0.1) is 0 Å². The first-order chi connectivity index (χ1) is 8.65. The summed E-state index contributed by atoms with van der Waals surface area (Å²) in [6.45, 7) is 7.92. The van der Waals surface area contributed by atoms with Crippen molar-refractivity contribution < 1.29 is 0 Å². The molecule has 2 nitrogen and oxygen atoms in total. The quantitative estimate of drug-likeness (QED) is 0.778. The number of aromatic nitrogens is 1. The molecule has 0 amide bonds. The Bertz CT molecular complexity index is 341. The van der Waals surface area contributed by atoms with Crippen LogP contribution in [0.4, 0.5) is 0 Å². The Labute approximate surface area is 120 Å². The lowest BCUT2D eigenvalue weighted by Crippen LogP contribution is -2.33. The van der Waals surface area contributed by atoms with E-state index < -0.39 is 0 Å². The van der Waals surface area contributed by atoms with E-state index in [1.54, 1.807) is 0 Å². The van der Waals surface area contributed by atoms with Gasteiger partial charge in [-0.05, 0) is 59.3 Å². The number of nitrogens with one attached hydrogen (secondary N) is 1. The van der Waals surface area contributed by atoms with Gasteiger partial charge in [0, 0.05) is 22.9 Å². The van der Waals surface area contributed by atoms with Gasteiger partial charge in [0.2, 0.25) is 0 Å². The molecule has 0 radical (unpaired) electrons. The molecule has 0 fully saturated rings. The summed E-state index contributed by atoms with van der Waals surface area (Å²) in [4.78, 5) is 4.24. The van der Waals surface area contributed by atoms with Crippen LogP contribution in [-0.4, -0.2) is 17.6 Å². The topological polar surface area (TPSA) is 24.9 Å². The molecule has 0 spiro atoms. The summed E-state index contributed by atoms with van der Waals surface area (Å²) in [5.74, 6) is 0.777. The minimum atomic E-state index is 0.566. The average Bonchev–Trinajstić information content (AvgIpc) is 2.35. The van der Waals surface area contributed by atoms with E-state index in [1.807, 2.05) is 12.4 Å². The van der Waals surface area contributed by atoms with Gasteiger partial charge in [0.25, 0.3) is 0 Å². The highest BCUT2D eigenvalue weighted by Crippen LogP contribution is 2.16. The molecule has 1 N–H and O–H groups in total. The molecule has 3 heteroatoms. The zero-order valence-electron chi connectivity index (χ0n) is 11.7. The zero-order chi connectivity index (χ0) is 13.4. The Balaban J connectivity index is 2.59. The van der Waals surface area contributed by atoms with E-state index in [9.17, 15) is 0 Å². The fourth-order valence-corrected chi connectivity index (χ4v) is 2.50. The van der Waals surface area contributed by atoms with Crippen LogP contribution in [-0.2, 0) is 6.42 Å². The van der Waals surface area contributed by atoms with Crippen molar-refractivity contribution in [3.8, 4) is 0 Å². The third kappa shape index (κ3) is 5.96. The molecule has 1 rings (SSSR count). The van der Waals surface area contributed by atoms with Gasteiger partial charge in [0.15, 0.2) is 0 Å². The summed E-state index contributed by atoms with van der Waals surface area (Å²) in [6.07, 6.45) is 8.56. The third-order valence-corrected chi connectivity index (χ3v) is 3.74. The normalized spacial score (nSPS) is 14.4. The molecular weight excluding hydrogens is 288 g/mol. The molecule has 0 aliphatic heterocycles. The summed E-state index contributed by atoms with van der Waals surface area (Å²) >= 11 is 3.49.